The van der Waals surface area contributed by atoms with Gasteiger partial charge in [0.2, 0.25) is 0 Å². The molecule has 1 aromatic heterocycles. The van der Waals surface area contributed by atoms with Gasteiger partial charge in [-0.1, -0.05) is 36.4 Å². The van der Waals surface area contributed by atoms with Crippen LogP contribution in [0.3, 0.4) is 0 Å². The van der Waals surface area contributed by atoms with Crippen LogP contribution < -0.4 is 0 Å². The summed E-state index contributed by atoms with van der Waals surface area (Å²) in [7, 11) is 0. The molecule has 2 heteroatoms. The van der Waals surface area contributed by atoms with Gasteiger partial charge in [-0.3, -0.25) is 0 Å². The second-order valence-electron chi connectivity index (χ2n) is 5.04. The fourth-order valence-corrected chi connectivity index (χ4v) is 2.76. The summed E-state index contributed by atoms with van der Waals surface area (Å²) in [5, 5.41) is 0. The molecule has 1 aliphatic rings. The molecule has 0 unspecified atom stereocenters. The van der Waals surface area contributed by atoms with Gasteiger partial charge in [-0.15, -0.1) is 0 Å². The molecule has 0 fully saturated rings. The Morgan fingerprint density at radius 2 is 1.42 bits per heavy atom. The Kier molecular flexibility index (Phi) is 2.34. The van der Waals surface area contributed by atoms with Crippen LogP contribution in [0.1, 0.15) is 17.8 Å². The van der Waals surface area contributed by atoms with Crippen LogP contribution in [0.15, 0.2) is 48.5 Å². The highest BCUT2D eigenvalue weighted by atomic mass is 14.8. The molecule has 1 heterocycles. The fourth-order valence-electron chi connectivity index (χ4n) is 2.76. The second-order valence-corrected chi connectivity index (χ2v) is 5.04. The maximum atomic E-state index is 4.78. The van der Waals surface area contributed by atoms with E-state index in [0.29, 0.717) is 0 Å². The molecule has 0 amide bonds. The van der Waals surface area contributed by atoms with Crippen LogP contribution in [0.2, 0.25) is 0 Å². The number of aryl methyl sites for hydroxylation is 2. The van der Waals surface area contributed by atoms with Crippen LogP contribution in [0.4, 0.5) is 0 Å². The maximum Gasteiger partial charge on any atom is 0.0896 e. The van der Waals surface area contributed by atoms with Crippen molar-refractivity contribution in [2.24, 2.45) is 0 Å². The average Bonchev–Trinajstić information content (AvgIpc) is 2.92. The highest BCUT2D eigenvalue weighted by molar-refractivity contribution is 5.81. The molecule has 0 atom stereocenters. The number of rotatable bonds is 1. The lowest BCUT2D eigenvalue weighted by Crippen LogP contribution is -1.94. The summed E-state index contributed by atoms with van der Waals surface area (Å²) < 4.78 is 0. The van der Waals surface area contributed by atoms with Crippen molar-refractivity contribution >= 4 is 11.0 Å². The van der Waals surface area contributed by atoms with E-state index in [1.807, 2.05) is 6.07 Å². The Balaban J connectivity index is 1.90. The van der Waals surface area contributed by atoms with Gasteiger partial charge in [0.1, 0.15) is 0 Å². The highest BCUT2D eigenvalue weighted by Crippen LogP contribution is 2.25. The summed E-state index contributed by atoms with van der Waals surface area (Å²) in [6.45, 7) is 0. The largest absolute Gasteiger partial charge is 0.249 e. The van der Waals surface area contributed by atoms with E-state index >= 15 is 0 Å². The standard InChI is InChI=1S/C17H14N2/c1-2-5-12(6-3-1)13-9-10-16-17(11-13)19-15-8-4-7-14(15)18-16/h1-3,5-6,9-11H,4,7-8H2. The van der Waals surface area contributed by atoms with Gasteiger partial charge in [-0.2, -0.15) is 0 Å². The molecular weight excluding hydrogens is 232 g/mol. The number of hydrogen-bond donors (Lipinski definition) is 0. The van der Waals surface area contributed by atoms with Gasteiger partial charge in [0, 0.05) is 0 Å². The Labute approximate surface area is 112 Å². The Morgan fingerprint density at radius 1 is 0.684 bits per heavy atom. The molecule has 19 heavy (non-hydrogen) atoms. The highest BCUT2D eigenvalue weighted by Gasteiger charge is 2.14. The van der Waals surface area contributed by atoms with Crippen molar-refractivity contribution in [1.82, 2.24) is 9.97 Å². The van der Waals surface area contributed by atoms with Crippen LogP contribution >= 0.6 is 0 Å². The molecule has 2 aromatic carbocycles. The van der Waals surface area contributed by atoms with E-state index in [1.165, 1.54) is 28.9 Å². The van der Waals surface area contributed by atoms with E-state index in [1.54, 1.807) is 0 Å². The van der Waals surface area contributed by atoms with Crippen LogP contribution in [0.25, 0.3) is 22.2 Å². The minimum atomic E-state index is 1.01. The molecule has 92 valence electrons. The first-order chi connectivity index (χ1) is 9.40. The Bertz CT molecular complexity index is 748. The second kappa shape index (κ2) is 4.16. The molecule has 3 aromatic rings. The first-order valence-electron chi connectivity index (χ1n) is 6.75. The third-order valence-electron chi connectivity index (χ3n) is 3.75. The molecule has 0 radical (unpaired) electrons. The van der Waals surface area contributed by atoms with Crippen LogP contribution in [-0.2, 0) is 12.8 Å². The van der Waals surface area contributed by atoms with Crippen molar-refractivity contribution in [2.75, 3.05) is 0 Å². The normalized spacial score (nSPS) is 13.7. The molecule has 0 saturated heterocycles. The third-order valence-corrected chi connectivity index (χ3v) is 3.75. The zero-order chi connectivity index (χ0) is 12.7. The van der Waals surface area contributed by atoms with E-state index < -0.39 is 0 Å². The van der Waals surface area contributed by atoms with E-state index in [9.17, 15) is 0 Å². The Morgan fingerprint density at radius 3 is 2.21 bits per heavy atom. The van der Waals surface area contributed by atoms with Gasteiger partial charge in [0.25, 0.3) is 0 Å². The molecule has 2 nitrogen and oxygen atoms in total. The predicted octanol–water partition coefficient (Wildman–Crippen LogP) is 3.79. The van der Waals surface area contributed by atoms with Crippen molar-refractivity contribution in [3.8, 4) is 11.1 Å². The van der Waals surface area contributed by atoms with E-state index in [0.717, 1.165) is 23.9 Å². The minimum Gasteiger partial charge on any atom is -0.249 e. The molecule has 4 rings (SSSR count). The minimum absolute atomic E-state index is 1.01. The lowest BCUT2D eigenvalue weighted by atomic mass is 10.1. The molecule has 1 aliphatic carbocycles. The number of benzene rings is 2. The monoisotopic (exact) mass is 246 g/mol. The summed E-state index contributed by atoms with van der Waals surface area (Å²) in [5.74, 6) is 0. The molecular formula is C17H14N2. The van der Waals surface area contributed by atoms with Crippen molar-refractivity contribution in [3.05, 3.63) is 59.9 Å². The molecule has 0 N–H and O–H groups in total. The summed E-state index contributed by atoms with van der Waals surface area (Å²) >= 11 is 0. The number of aromatic nitrogens is 2. The van der Waals surface area contributed by atoms with Gasteiger partial charge < -0.3 is 0 Å². The van der Waals surface area contributed by atoms with Crippen LogP contribution in [-0.4, -0.2) is 9.97 Å². The maximum absolute atomic E-state index is 4.78. The number of nitrogens with zero attached hydrogens (tertiary/aromatic N) is 2. The summed E-state index contributed by atoms with van der Waals surface area (Å²) in [4.78, 5) is 9.51. The van der Waals surface area contributed by atoms with Crippen molar-refractivity contribution in [1.29, 1.82) is 0 Å². The van der Waals surface area contributed by atoms with E-state index in [2.05, 4.69) is 42.5 Å². The molecule has 0 bridgehead atoms. The van der Waals surface area contributed by atoms with Gasteiger partial charge in [0.15, 0.2) is 0 Å². The SMILES string of the molecule is c1ccc(-c2ccc3nc4c(nc3c2)CCC4)cc1. The first kappa shape index (κ1) is 10.7. The number of hydrogen-bond acceptors (Lipinski definition) is 2. The van der Waals surface area contributed by atoms with E-state index in [4.69, 9.17) is 9.97 Å². The summed E-state index contributed by atoms with van der Waals surface area (Å²) in [6, 6.07) is 16.8. The smallest absolute Gasteiger partial charge is 0.0896 e. The summed E-state index contributed by atoms with van der Waals surface area (Å²) in [5.41, 5.74) is 6.85. The van der Waals surface area contributed by atoms with Crippen LogP contribution in [0.5, 0.6) is 0 Å². The topological polar surface area (TPSA) is 25.8 Å². The third kappa shape index (κ3) is 1.80. The first-order valence-corrected chi connectivity index (χ1v) is 6.75. The van der Waals surface area contributed by atoms with Gasteiger partial charge in [-0.05, 0) is 42.5 Å². The van der Waals surface area contributed by atoms with Gasteiger partial charge >= 0.3 is 0 Å². The fraction of sp³-hybridized carbons (Fsp3) is 0.176. The van der Waals surface area contributed by atoms with Crippen molar-refractivity contribution in [2.45, 2.75) is 19.3 Å². The quantitative estimate of drug-likeness (QED) is 0.653. The van der Waals surface area contributed by atoms with Crippen LogP contribution in [0, 0.1) is 0 Å². The lowest BCUT2D eigenvalue weighted by Gasteiger charge is -2.05. The predicted molar refractivity (Wildman–Crippen MR) is 77.0 cm³/mol. The Hall–Kier alpha value is -2.22. The number of fused-ring (bicyclic) bond motifs is 2. The van der Waals surface area contributed by atoms with Gasteiger partial charge in [0.05, 0.1) is 22.4 Å². The van der Waals surface area contributed by atoms with Gasteiger partial charge in [-0.25, -0.2) is 9.97 Å². The molecule has 0 saturated carbocycles. The zero-order valence-electron chi connectivity index (χ0n) is 10.6. The molecule has 0 spiro atoms. The summed E-state index contributed by atoms with van der Waals surface area (Å²) in [6.07, 6.45) is 3.35. The van der Waals surface area contributed by atoms with Crippen molar-refractivity contribution in [3.63, 3.8) is 0 Å². The average molecular weight is 246 g/mol. The zero-order valence-corrected chi connectivity index (χ0v) is 10.6. The lowest BCUT2D eigenvalue weighted by molar-refractivity contribution is 0.895. The van der Waals surface area contributed by atoms with Crippen molar-refractivity contribution < 1.29 is 0 Å². The van der Waals surface area contributed by atoms with E-state index in [-0.39, 0.29) is 0 Å². The molecule has 0 aliphatic heterocycles.